The first-order valence-corrected chi connectivity index (χ1v) is 10.8. The molecule has 0 bridgehead atoms. The summed E-state index contributed by atoms with van der Waals surface area (Å²) in [7, 11) is 0. The van der Waals surface area contributed by atoms with Gasteiger partial charge in [0.25, 0.3) is 0 Å². The third-order valence-corrected chi connectivity index (χ3v) is 5.40. The van der Waals surface area contributed by atoms with E-state index in [1.54, 1.807) is 60.7 Å². The summed E-state index contributed by atoms with van der Waals surface area (Å²) in [5.41, 5.74) is 4.12. The molecule has 0 aliphatic carbocycles. The summed E-state index contributed by atoms with van der Waals surface area (Å²) in [6.45, 7) is 0. The molecule has 3 nitrogen and oxygen atoms in total. The number of halogens is 1. The molecule has 0 spiro atoms. The van der Waals surface area contributed by atoms with Gasteiger partial charge >= 0.3 is 5.97 Å². The first-order chi connectivity index (χ1) is 15.6. The van der Waals surface area contributed by atoms with Crippen molar-refractivity contribution < 1.29 is 14.3 Å². The van der Waals surface area contributed by atoms with E-state index in [1.165, 1.54) is 0 Å². The number of hydrogen-bond donors (Lipinski definition) is 0. The number of carbonyl (C=O) groups is 2. The highest BCUT2D eigenvalue weighted by atomic mass is 79.9. The van der Waals surface area contributed by atoms with E-state index < -0.39 is 5.97 Å². The number of ketones is 1. The molecule has 0 saturated carbocycles. The summed E-state index contributed by atoms with van der Waals surface area (Å²) in [6.07, 6.45) is 3.29. The minimum Gasteiger partial charge on any atom is -0.423 e. The molecule has 0 unspecified atom stereocenters. The quantitative estimate of drug-likeness (QED) is 0.126. The molecule has 0 aliphatic rings. The molecule has 0 aromatic heterocycles. The monoisotopic (exact) mass is 482 g/mol. The lowest BCUT2D eigenvalue weighted by molar-refractivity contribution is 0.0734. The van der Waals surface area contributed by atoms with E-state index in [4.69, 9.17) is 4.74 Å². The Morgan fingerprint density at radius 2 is 1.25 bits per heavy atom. The Hall–Kier alpha value is -3.76. The van der Waals surface area contributed by atoms with Gasteiger partial charge in [0.2, 0.25) is 0 Å². The number of benzene rings is 4. The van der Waals surface area contributed by atoms with E-state index in [2.05, 4.69) is 15.9 Å². The summed E-state index contributed by atoms with van der Waals surface area (Å²) in [5.74, 6) is -0.0526. The number of carbonyl (C=O) groups excluding carboxylic acids is 2. The molecule has 4 aromatic rings. The van der Waals surface area contributed by atoms with Gasteiger partial charge in [0, 0.05) is 10.0 Å². The van der Waals surface area contributed by atoms with Gasteiger partial charge in [-0.15, -0.1) is 0 Å². The van der Waals surface area contributed by atoms with Crippen LogP contribution in [0.3, 0.4) is 0 Å². The van der Waals surface area contributed by atoms with Crippen molar-refractivity contribution in [2.75, 3.05) is 0 Å². The van der Waals surface area contributed by atoms with Crippen molar-refractivity contribution in [2.24, 2.45) is 0 Å². The zero-order valence-electron chi connectivity index (χ0n) is 17.1. The Balaban J connectivity index is 1.37. The van der Waals surface area contributed by atoms with Crippen molar-refractivity contribution in [2.45, 2.75) is 0 Å². The smallest absolute Gasteiger partial charge is 0.343 e. The predicted molar refractivity (Wildman–Crippen MR) is 131 cm³/mol. The SMILES string of the molecule is O=C(C=Cc1ccc(OC(=O)c2ccc(Br)cc2)cc1)c1ccc(-c2ccccc2)cc1. The Labute approximate surface area is 195 Å². The lowest BCUT2D eigenvalue weighted by atomic mass is 10.0. The highest BCUT2D eigenvalue weighted by Gasteiger charge is 2.08. The molecule has 0 N–H and O–H groups in total. The molecule has 0 aliphatic heterocycles. The Morgan fingerprint density at radius 1 is 0.656 bits per heavy atom. The summed E-state index contributed by atoms with van der Waals surface area (Å²) in [4.78, 5) is 24.7. The summed E-state index contributed by atoms with van der Waals surface area (Å²) in [5, 5.41) is 0. The third kappa shape index (κ3) is 5.48. The largest absolute Gasteiger partial charge is 0.423 e. The second-order valence-corrected chi connectivity index (χ2v) is 8.02. The van der Waals surface area contributed by atoms with Crippen LogP contribution in [-0.2, 0) is 0 Å². The van der Waals surface area contributed by atoms with E-state index in [0.29, 0.717) is 16.9 Å². The van der Waals surface area contributed by atoms with Crippen molar-refractivity contribution in [3.05, 3.63) is 130 Å². The molecular formula is C28H19BrO3. The van der Waals surface area contributed by atoms with E-state index in [-0.39, 0.29) is 5.78 Å². The average molecular weight is 483 g/mol. The first-order valence-electron chi connectivity index (χ1n) is 10.0. The van der Waals surface area contributed by atoms with Gasteiger partial charge in [-0.1, -0.05) is 88.7 Å². The second-order valence-electron chi connectivity index (χ2n) is 7.11. The molecule has 4 rings (SSSR count). The average Bonchev–Trinajstić information content (AvgIpc) is 2.84. The van der Waals surface area contributed by atoms with Crippen molar-refractivity contribution in [1.82, 2.24) is 0 Å². The van der Waals surface area contributed by atoms with Crippen LogP contribution in [0.2, 0.25) is 0 Å². The van der Waals surface area contributed by atoms with Gasteiger partial charge in [0.1, 0.15) is 5.75 Å². The standard InChI is InChI=1S/C28H19BrO3/c29-25-15-13-24(14-16-25)28(31)32-26-17-6-20(7-18-26)8-19-27(30)23-11-9-22(10-12-23)21-4-2-1-3-5-21/h1-19H. The van der Waals surface area contributed by atoms with Gasteiger partial charge in [-0.25, -0.2) is 4.79 Å². The van der Waals surface area contributed by atoms with Gasteiger partial charge < -0.3 is 4.74 Å². The van der Waals surface area contributed by atoms with Crippen molar-refractivity contribution in [3.63, 3.8) is 0 Å². The Kier molecular flexibility index (Phi) is 6.73. The highest BCUT2D eigenvalue weighted by molar-refractivity contribution is 9.10. The van der Waals surface area contributed by atoms with Crippen LogP contribution in [0.15, 0.2) is 114 Å². The fourth-order valence-corrected chi connectivity index (χ4v) is 3.39. The molecule has 4 aromatic carbocycles. The van der Waals surface area contributed by atoms with Crippen LogP contribution in [0.1, 0.15) is 26.3 Å². The van der Waals surface area contributed by atoms with Crippen LogP contribution in [-0.4, -0.2) is 11.8 Å². The fourth-order valence-electron chi connectivity index (χ4n) is 3.12. The van der Waals surface area contributed by atoms with Gasteiger partial charge in [-0.05, 0) is 59.2 Å². The summed E-state index contributed by atoms with van der Waals surface area (Å²) < 4.78 is 6.29. The molecule has 0 heterocycles. The molecule has 0 atom stereocenters. The maximum atomic E-state index is 12.5. The summed E-state index contributed by atoms with van der Waals surface area (Å²) in [6, 6.07) is 31.6. The van der Waals surface area contributed by atoms with E-state index in [0.717, 1.165) is 21.2 Å². The zero-order valence-corrected chi connectivity index (χ0v) is 18.7. The number of esters is 1. The van der Waals surface area contributed by atoms with Gasteiger partial charge in [-0.3, -0.25) is 4.79 Å². The van der Waals surface area contributed by atoms with Gasteiger partial charge in [0.05, 0.1) is 5.56 Å². The molecule has 156 valence electrons. The van der Waals surface area contributed by atoms with E-state index in [1.807, 2.05) is 54.6 Å². The molecule has 0 amide bonds. The fraction of sp³-hybridized carbons (Fsp3) is 0. The number of ether oxygens (including phenoxy) is 1. The van der Waals surface area contributed by atoms with Crippen molar-refractivity contribution in [3.8, 4) is 16.9 Å². The van der Waals surface area contributed by atoms with Gasteiger partial charge in [0.15, 0.2) is 5.78 Å². The minimum absolute atomic E-state index is 0.0737. The van der Waals surface area contributed by atoms with Crippen LogP contribution < -0.4 is 4.74 Å². The Morgan fingerprint density at radius 3 is 1.91 bits per heavy atom. The van der Waals surface area contributed by atoms with Crippen molar-refractivity contribution >= 4 is 33.8 Å². The maximum absolute atomic E-state index is 12.5. The van der Waals surface area contributed by atoms with Crippen LogP contribution in [0.4, 0.5) is 0 Å². The lowest BCUT2D eigenvalue weighted by Gasteiger charge is -2.05. The van der Waals surface area contributed by atoms with Crippen LogP contribution in [0, 0.1) is 0 Å². The second kappa shape index (κ2) is 10.0. The third-order valence-electron chi connectivity index (χ3n) is 4.87. The van der Waals surface area contributed by atoms with E-state index >= 15 is 0 Å². The van der Waals surface area contributed by atoms with Crippen LogP contribution in [0.5, 0.6) is 5.75 Å². The topological polar surface area (TPSA) is 43.4 Å². The zero-order chi connectivity index (χ0) is 22.3. The number of allylic oxidation sites excluding steroid dienone is 1. The number of rotatable bonds is 6. The Bertz CT molecular complexity index is 1240. The molecule has 32 heavy (non-hydrogen) atoms. The highest BCUT2D eigenvalue weighted by Crippen LogP contribution is 2.20. The minimum atomic E-state index is -0.421. The predicted octanol–water partition coefficient (Wildman–Crippen LogP) is 7.23. The molecule has 0 radical (unpaired) electrons. The van der Waals surface area contributed by atoms with Crippen molar-refractivity contribution in [1.29, 1.82) is 0 Å². The molecular weight excluding hydrogens is 464 g/mol. The molecule has 4 heteroatoms. The number of hydrogen-bond acceptors (Lipinski definition) is 3. The first kappa shape index (κ1) is 21.5. The normalized spacial score (nSPS) is 10.8. The van der Waals surface area contributed by atoms with Gasteiger partial charge in [-0.2, -0.15) is 0 Å². The molecule has 0 saturated heterocycles. The lowest BCUT2D eigenvalue weighted by Crippen LogP contribution is -2.08. The van der Waals surface area contributed by atoms with E-state index in [9.17, 15) is 9.59 Å². The summed E-state index contributed by atoms with van der Waals surface area (Å²) >= 11 is 3.34. The van der Waals surface area contributed by atoms with Crippen LogP contribution in [0.25, 0.3) is 17.2 Å². The van der Waals surface area contributed by atoms with Crippen LogP contribution >= 0.6 is 15.9 Å². The maximum Gasteiger partial charge on any atom is 0.343 e. The molecule has 0 fully saturated rings.